The van der Waals surface area contributed by atoms with Crippen LogP contribution < -0.4 is 19.9 Å². The minimum atomic E-state index is -0.868. The van der Waals surface area contributed by atoms with Gasteiger partial charge in [-0.3, -0.25) is 14.4 Å². The summed E-state index contributed by atoms with van der Waals surface area (Å²) in [5, 5.41) is 19.7. The number of rotatable bonds is 7. The van der Waals surface area contributed by atoms with Crippen LogP contribution in [0.3, 0.4) is 0 Å². The van der Waals surface area contributed by atoms with E-state index >= 15 is 4.39 Å². The Hall–Kier alpha value is -4.52. The minimum Gasteiger partial charge on any atom is -0.508 e. The van der Waals surface area contributed by atoms with Crippen molar-refractivity contribution in [3.8, 4) is 11.8 Å². The van der Waals surface area contributed by atoms with E-state index in [1.807, 2.05) is 18.5 Å². The van der Waals surface area contributed by atoms with Gasteiger partial charge in [0.25, 0.3) is 5.91 Å². The summed E-state index contributed by atoms with van der Waals surface area (Å²) in [6.45, 7) is 8.44. The third kappa shape index (κ3) is 5.50. The van der Waals surface area contributed by atoms with Crippen molar-refractivity contribution in [1.29, 1.82) is 0 Å². The largest absolute Gasteiger partial charge is 0.508 e. The van der Waals surface area contributed by atoms with Gasteiger partial charge in [-0.05, 0) is 68.7 Å². The van der Waals surface area contributed by atoms with Gasteiger partial charge < -0.3 is 25.0 Å². The van der Waals surface area contributed by atoms with E-state index in [1.54, 1.807) is 25.2 Å². The van der Waals surface area contributed by atoms with Crippen LogP contribution in [0.15, 0.2) is 24.3 Å². The Morgan fingerprint density at radius 2 is 1.98 bits per heavy atom. The Morgan fingerprint density at radius 1 is 1.12 bits per heavy atom. The third-order valence-corrected chi connectivity index (χ3v) is 11.3. The maximum Gasteiger partial charge on any atom is 0.318 e. The number of aryl methyl sites for hydroxylation is 2. The van der Waals surface area contributed by atoms with Gasteiger partial charge in [0.2, 0.25) is 0 Å². The second-order valence-corrected chi connectivity index (χ2v) is 14.2. The SMILES string of the molecule is CCc1c(F)ccc2cc(O)cc(N3CCc4c(nc(OC[C@@]56CCCN5C[C@H](F)C6)nc4N4CCCn5nc(C(=O)NC)c(C)c5C4)C3)c12. The normalized spacial score (nSPS) is 22.0. The topological polar surface area (TPSA) is 112 Å². The molecule has 0 spiro atoms. The fourth-order valence-electron chi connectivity index (χ4n) is 8.80. The van der Waals surface area contributed by atoms with Crippen molar-refractivity contribution >= 4 is 28.2 Å². The number of carbonyl (C=O) groups is 1. The van der Waals surface area contributed by atoms with Crippen molar-refractivity contribution in [3.63, 3.8) is 0 Å². The Kier molecular flexibility index (Phi) is 8.28. The predicted octanol–water partition coefficient (Wildman–Crippen LogP) is 4.83. The molecule has 0 radical (unpaired) electrons. The van der Waals surface area contributed by atoms with E-state index in [0.29, 0.717) is 69.9 Å². The average Bonchev–Trinajstić information content (AvgIpc) is 3.68. The summed E-state index contributed by atoms with van der Waals surface area (Å²) in [7, 11) is 1.61. The first-order valence-corrected chi connectivity index (χ1v) is 17.8. The molecule has 2 aromatic heterocycles. The smallest absolute Gasteiger partial charge is 0.318 e. The van der Waals surface area contributed by atoms with Crippen LogP contribution in [0, 0.1) is 12.7 Å². The zero-order chi connectivity index (χ0) is 34.7. The lowest BCUT2D eigenvalue weighted by atomic mass is 9.95. The monoisotopic (exact) mass is 686 g/mol. The number of hydrogen-bond acceptors (Lipinski definition) is 9. The maximum absolute atomic E-state index is 15.1. The van der Waals surface area contributed by atoms with E-state index in [0.717, 1.165) is 77.1 Å². The Labute approximate surface area is 290 Å². The van der Waals surface area contributed by atoms with E-state index in [4.69, 9.17) is 14.7 Å². The highest BCUT2D eigenvalue weighted by Crippen LogP contribution is 2.42. The van der Waals surface area contributed by atoms with Crippen molar-refractivity contribution in [1.82, 2.24) is 30.0 Å². The number of hydrogen-bond donors (Lipinski definition) is 2. The number of phenols is 1. The molecule has 4 aliphatic rings. The molecule has 50 heavy (non-hydrogen) atoms. The molecule has 2 fully saturated rings. The number of ether oxygens (including phenoxy) is 1. The van der Waals surface area contributed by atoms with E-state index in [9.17, 15) is 14.3 Å². The number of nitrogens with one attached hydrogen (secondary N) is 1. The van der Waals surface area contributed by atoms with Crippen LogP contribution in [0.25, 0.3) is 10.8 Å². The van der Waals surface area contributed by atoms with E-state index < -0.39 is 6.17 Å². The van der Waals surface area contributed by atoms with Crippen LogP contribution in [0.4, 0.5) is 20.3 Å². The molecular weight excluding hydrogens is 642 g/mol. The number of benzene rings is 2. The fraction of sp³-hybridized carbons (Fsp3) is 0.514. The maximum atomic E-state index is 15.1. The lowest BCUT2D eigenvalue weighted by Gasteiger charge is -2.35. The molecule has 0 unspecified atom stereocenters. The van der Waals surface area contributed by atoms with Crippen LogP contribution in [0.2, 0.25) is 0 Å². The summed E-state index contributed by atoms with van der Waals surface area (Å²) >= 11 is 0. The number of fused-ring (bicyclic) bond motifs is 4. The van der Waals surface area contributed by atoms with E-state index in [2.05, 4.69) is 25.1 Å². The number of amides is 1. The summed E-state index contributed by atoms with van der Waals surface area (Å²) in [6.07, 6.45) is 3.41. The molecule has 0 aliphatic carbocycles. The second-order valence-electron chi connectivity index (χ2n) is 14.2. The molecule has 264 valence electrons. The van der Waals surface area contributed by atoms with Gasteiger partial charge in [0.05, 0.1) is 30.0 Å². The molecule has 2 aromatic carbocycles. The molecule has 0 saturated carbocycles. The van der Waals surface area contributed by atoms with Crippen LogP contribution in [0.5, 0.6) is 11.8 Å². The van der Waals surface area contributed by atoms with Crippen molar-refractivity contribution in [2.75, 3.05) is 49.6 Å². The third-order valence-electron chi connectivity index (χ3n) is 11.3. The highest BCUT2D eigenvalue weighted by Gasteiger charge is 2.49. The van der Waals surface area contributed by atoms with Crippen LogP contribution in [0.1, 0.15) is 71.2 Å². The molecular formula is C37H44F2N8O3. The van der Waals surface area contributed by atoms with E-state index in [1.165, 1.54) is 6.07 Å². The van der Waals surface area contributed by atoms with Gasteiger partial charge >= 0.3 is 6.01 Å². The van der Waals surface area contributed by atoms with Gasteiger partial charge in [-0.25, -0.2) is 8.78 Å². The summed E-state index contributed by atoms with van der Waals surface area (Å²) < 4.78 is 38.1. The first kappa shape index (κ1) is 32.7. The summed E-state index contributed by atoms with van der Waals surface area (Å²) in [5.41, 5.74) is 5.09. The standard InChI is InChI=1S/C37H44F2N8O3/c1-4-26-28(39)8-7-23-15-25(48)16-30(32(23)26)44-14-9-27-29(19-44)41-36(50-21-37-10-5-12-46(37)18-24(38)17-37)42-34(27)45-11-6-13-47-31(20-45)22(2)33(43-47)35(49)40-3/h7-8,15-16,24,48H,4-6,9-14,17-21H2,1-3H3,(H,40,49)/t24-,37+/m1/s1. The number of halogens is 2. The van der Waals surface area contributed by atoms with Crippen molar-refractivity contribution in [3.05, 3.63) is 63.9 Å². The quantitative estimate of drug-likeness (QED) is 0.283. The Balaban J connectivity index is 1.19. The molecule has 8 rings (SSSR count). The molecule has 0 bridgehead atoms. The average molecular weight is 687 g/mol. The van der Waals surface area contributed by atoms with Crippen molar-refractivity contribution in [2.45, 2.75) is 83.7 Å². The number of phenolic OH excluding ortho intramolecular Hbond substituents is 1. The molecule has 4 aromatic rings. The zero-order valence-corrected chi connectivity index (χ0v) is 28.9. The Bertz CT molecular complexity index is 1980. The summed E-state index contributed by atoms with van der Waals surface area (Å²) in [4.78, 5) is 29.3. The van der Waals surface area contributed by atoms with Crippen LogP contribution >= 0.6 is 0 Å². The fourth-order valence-corrected chi connectivity index (χ4v) is 8.80. The second kappa shape index (κ2) is 12.7. The zero-order valence-electron chi connectivity index (χ0n) is 28.9. The minimum absolute atomic E-state index is 0.120. The van der Waals surface area contributed by atoms with Gasteiger partial charge in [0, 0.05) is 67.9 Å². The van der Waals surface area contributed by atoms with Crippen LogP contribution in [-0.4, -0.2) is 87.2 Å². The van der Waals surface area contributed by atoms with Gasteiger partial charge in [-0.2, -0.15) is 15.1 Å². The number of alkyl halides is 1. The predicted molar refractivity (Wildman–Crippen MR) is 186 cm³/mol. The van der Waals surface area contributed by atoms with Gasteiger partial charge in [0.1, 0.15) is 30.2 Å². The number of aromatic nitrogens is 4. The van der Waals surface area contributed by atoms with Crippen LogP contribution in [-0.2, 0) is 32.5 Å². The number of nitrogens with zero attached hydrogens (tertiary/aromatic N) is 7. The molecule has 2 N–H and O–H groups in total. The lowest BCUT2D eigenvalue weighted by Crippen LogP contribution is -2.43. The number of carbonyl (C=O) groups excluding carboxylic acids is 1. The first-order chi connectivity index (χ1) is 24.2. The number of anilines is 2. The molecule has 4 aliphatic heterocycles. The highest BCUT2D eigenvalue weighted by molar-refractivity contribution is 5.98. The van der Waals surface area contributed by atoms with Crippen molar-refractivity contribution < 1.29 is 23.4 Å². The van der Waals surface area contributed by atoms with Gasteiger partial charge in [-0.15, -0.1) is 0 Å². The Morgan fingerprint density at radius 3 is 2.80 bits per heavy atom. The summed E-state index contributed by atoms with van der Waals surface area (Å²) in [6, 6.07) is 6.84. The molecule has 6 heterocycles. The first-order valence-electron chi connectivity index (χ1n) is 17.8. The number of aromatic hydroxyl groups is 1. The molecule has 2 atom stereocenters. The van der Waals surface area contributed by atoms with Gasteiger partial charge in [-0.1, -0.05) is 13.0 Å². The van der Waals surface area contributed by atoms with Gasteiger partial charge in [0.15, 0.2) is 5.69 Å². The van der Waals surface area contributed by atoms with E-state index in [-0.39, 0.29) is 29.0 Å². The summed E-state index contributed by atoms with van der Waals surface area (Å²) in [5.74, 6) is 0.438. The van der Waals surface area contributed by atoms with Crippen molar-refractivity contribution in [2.24, 2.45) is 0 Å². The molecule has 13 heteroatoms. The molecule has 11 nitrogen and oxygen atoms in total. The molecule has 2 saturated heterocycles. The lowest BCUT2D eigenvalue weighted by molar-refractivity contribution is 0.0956. The molecule has 1 amide bonds. The highest BCUT2D eigenvalue weighted by atomic mass is 19.1.